The molecule has 3 atom stereocenters. The summed E-state index contributed by atoms with van der Waals surface area (Å²) in [6.07, 6.45) is 5.20. The Labute approximate surface area is 113 Å². The van der Waals surface area contributed by atoms with Gasteiger partial charge < -0.3 is 5.73 Å². The predicted molar refractivity (Wildman–Crippen MR) is 76.9 cm³/mol. The van der Waals surface area contributed by atoms with Crippen molar-refractivity contribution in [3.8, 4) is 0 Å². The van der Waals surface area contributed by atoms with Crippen LogP contribution in [0.4, 0.5) is 0 Å². The highest BCUT2D eigenvalue weighted by Crippen LogP contribution is 2.35. The zero-order valence-electron chi connectivity index (χ0n) is 10.5. The Bertz CT molecular complexity index is 364. The van der Waals surface area contributed by atoms with Gasteiger partial charge in [0, 0.05) is 4.47 Å². The van der Waals surface area contributed by atoms with Gasteiger partial charge >= 0.3 is 0 Å². The van der Waals surface area contributed by atoms with Crippen molar-refractivity contribution in [2.45, 2.75) is 32.6 Å². The van der Waals surface area contributed by atoms with Crippen LogP contribution >= 0.6 is 15.9 Å². The largest absolute Gasteiger partial charge is 0.330 e. The molecule has 3 unspecified atom stereocenters. The maximum Gasteiger partial charge on any atom is 0.0177 e. The van der Waals surface area contributed by atoms with E-state index in [-0.39, 0.29) is 0 Å². The monoisotopic (exact) mass is 295 g/mol. The van der Waals surface area contributed by atoms with E-state index in [1.807, 2.05) is 0 Å². The maximum atomic E-state index is 5.91. The van der Waals surface area contributed by atoms with Crippen molar-refractivity contribution in [2.75, 3.05) is 6.54 Å². The van der Waals surface area contributed by atoms with Gasteiger partial charge in [0.05, 0.1) is 0 Å². The van der Waals surface area contributed by atoms with Crippen LogP contribution in [0.1, 0.15) is 31.7 Å². The van der Waals surface area contributed by atoms with E-state index in [1.54, 1.807) is 0 Å². The summed E-state index contributed by atoms with van der Waals surface area (Å²) in [6.45, 7) is 3.23. The average molecular weight is 296 g/mol. The Morgan fingerprint density at radius 2 is 2.12 bits per heavy atom. The molecule has 0 bridgehead atoms. The van der Waals surface area contributed by atoms with E-state index < -0.39 is 0 Å². The lowest BCUT2D eigenvalue weighted by Crippen LogP contribution is -2.31. The molecule has 0 radical (unpaired) electrons. The normalized spacial score (nSPS) is 29.2. The molecule has 1 aromatic rings. The summed E-state index contributed by atoms with van der Waals surface area (Å²) in [6, 6.07) is 8.70. The number of nitrogens with two attached hydrogens (primary N) is 1. The SMILES string of the molecule is CC1CCC(CN)C(Cc2cccc(Br)c2)C1. The highest BCUT2D eigenvalue weighted by atomic mass is 79.9. The first kappa shape index (κ1) is 13.1. The van der Waals surface area contributed by atoms with Gasteiger partial charge in [-0.2, -0.15) is 0 Å². The molecule has 2 heteroatoms. The lowest BCUT2D eigenvalue weighted by Gasteiger charge is -2.34. The second-order valence-electron chi connectivity index (χ2n) is 5.51. The van der Waals surface area contributed by atoms with Crippen LogP contribution in [0, 0.1) is 17.8 Å². The van der Waals surface area contributed by atoms with Gasteiger partial charge in [-0.25, -0.2) is 0 Å². The maximum absolute atomic E-state index is 5.91. The molecule has 1 aliphatic rings. The van der Waals surface area contributed by atoms with Crippen LogP contribution in [0.25, 0.3) is 0 Å². The molecule has 2 rings (SSSR count). The van der Waals surface area contributed by atoms with Crippen LogP contribution < -0.4 is 5.73 Å². The van der Waals surface area contributed by atoms with Crippen LogP contribution in [0.5, 0.6) is 0 Å². The Kier molecular flexibility index (Phi) is 4.63. The molecule has 0 spiro atoms. The first-order chi connectivity index (χ1) is 8.19. The molecule has 0 heterocycles. The summed E-state index contributed by atoms with van der Waals surface area (Å²) >= 11 is 3.55. The van der Waals surface area contributed by atoms with Gasteiger partial charge in [-0.3, -0.25) is 0 Å². The number of halogens is 1. The molecule has 0 saturated heterocycles. The summed E-state index contributed by atoms with van der Waals surface area (Å²) < 4.78 is 1.18. The van der Waals surface area contributed by atoms with E-state index in [0.717, 1.165) is 24.3 Å². The van der Waals surface area contributed by atoms with Crippen molar-refractivity contribution in [1.82, 2.24) is 0 Å². The second kappa shape index (κ2) is 6.01. The molecule has 17 heavy (non-hydrogen) atoms. The quantitative estimate of drug-likeness (QED) is 0.896. The first-order valence-electron chi connectivity index (χ1n) is 6.63. The molecule has 94 valence electrons. The molecule has 2 N–H and O–H groups in total. The molecule has 1 nitrogen and oxygen atoms in total. The van der Waals surface area contributed by atoms with E-state index in [2.05, 4.69) is 47.1 Å². The van der Waals surface area contributed by atoms with Crippen LogP contribution in [-0.2, 0) is 6.42 Å². The van der Waals surface area contributed by atoms with E-state index in [4.69, 9.17) is 5.73 Å². The second-order valence-corrected chi connectivity index (χ2v) is 6.42. The molecule has 0 aliphatic heterocycles. The molecule has 0 amide bonds. The fourth-order valence-electron chi connectivity index (χ4n) is 3.09. The number of hydrogen-bond donors (Lipinski definition) is 1. The third-order valence-corrected chi connectivity index (χ3v) is 4.58. The van der Waals surface area contributed by atoms with Crippen LogP contribution in [0.2, 0.25) is 0 Å². The molecule has 1 fully saturated rings. The smallest absolute Gasteiger partial charge is 0.0177 e. The van der Waals surface area contributed by atoms with Crippen molar-refractivity contribution >= 4 is 15.9 Å². The average Bonchev–Trinajstić information content (AvgIpc) is 2.29. The van der Waals surface area contributed by atoms with Crippen molar-refractivity contribution < 1.29 is 0 Å². The van der Waals surface area contributed by atoms with E-state index in [0.29, 0.717) is 0 Å². The van der Waals surface area contributed by atoms with Crippen molar-refractivity contribution in [3.63, 3.8) is 0 Å². The van der Waals surface area contributed by atoms with E-state index >= 15 is 0 Å². The van der Waals surface area contributed by atoms with Gasteiger partial charge in [0.25, 0.3) is 0 Å². The first-order valence-corrected chi connectivity index (χ1v) is 7.43. The lowest BCUT2D eigenvalue weighted by atomic mass is 9.72. The van der Waals surface area contributed by atoms with Crippen molar-refractivity contribution in [2.24, 2.45) is 23.5 Å². The molecule has 0 aromatic heterocycles. The van der Waals surface area contributed by atoms with Gasteiger partial charge in [0.2, 0.25) is 0 Å². The summed E-state index contributed by atoms with van der Waals surface area (Å²) in [5.41, 5.74) is 7.35. The molecule has 1 saturated carbocycles. The van der Waals surface area contributed by atoms with Gasteiger partial charge in [-0.1, -0.05) is 41.4 Å². The van der Waals surface area contributed by atoms with Crippen LogP contribution in [0.15, 0.2) is 28.7 Å². The Morgan fingerprint density at radius 1 is 1.29 bits per heavy atom. The van der Waals surface area contributed by atoms with E-state index in [1.165, 1.54) is 35.7 Å². The molecular formula is C15H22BrN. The van der Waals surface area contributed by atoms with Crippen molar-refractivity contribution in [3.05, 3.63) is 34.3 Å². The third-order valence-electron chi connectivity index (χ3n) is 4.09. The van der Waals surface area contributed by atoms with Crippen LogP contribution in [0.3, 0.4) is 0 Å². The fourth-order valence-corrected chi connectivity index (χ4v) is 3.54. The van der Waals surface area contributed by atoms with Gasteiger partial charge in [-0.15, -0.1) is 0 Å². The van der Waals surface area contributed by atoms with Crippen LogP contribution in [-0.4, -0.2) is 6.54 Å². The number of benzene rings is 1. The Hall–Kier alpha value is -0.340. The minimum Gasteiger partial charge on any atom is -0.330 e. The summed E-state index contributed by atoms with van der Waals surface area (Å²) in [7, 11) is 0. The third kappa shape index (κ3) is 3.56. The number of rotatable bonds is 3. The van der Waals surface area contributed by atoms with Gasteiger partial charge in [0.1, 0.15) is 0 Å². The zero-order chi connectivity index (χ0) is 12.3. The highest BCUT2D eigenvalue weighted by Gasteiger charge is 2.27. The minimum absolute atomic E-state index is 0.727. The predicted octanol–water partition coefficient (Wildman–Crippen LogP) is 4.00. The zero-order valence-corrected chi connectivity index (χ0v) is 12.1. The highest BCUT2D eigenvalue weighted by molar-refractivity contribution is 9.10. The lowest BCUT2D eigenvalue weighted by molar-refractivity contribution is 0.193. The standard InChI is InChI=1S/C15H22BrN/c1-11-5-6-13(10-17)14(7-11)8-12-3-2-4-15(16)9-12/h2-4,9,11,13-14H,5-8,10,17H2,1H3. The van der Waals surface area contributed by atoms with Gasteiger partial charge in [0.15, 0.2) is 0 Å². The van der Waals surface area contributed by atoms with Gasteiger partial charge in [-0.05, 0) is 61.3 Å². The van der Waals surface area contributed by atoms with E-state index in [9.17, 15) is 0 Å². The molecule has 1 aromatic carbocycles. The fraction of sp³-hybridized carbons (Fsp3) is 0.600. The number of hydrogen-bond acceptors (Lipinski definition) is 1. The molecular weight excluding hydrogens is 274 g/mol. The Morgan fingerprint density at radius 3 is 2.82 bits per heavy atom. The summed E-state index contributed by atoms with van der Waals surface area (Å²) in [5, 5.41) is 0. The minimum atomic E-state index is 0.727. The summed E-state index contributed by atoms with van der Waals surface area (Å²) in [5.74, 6) is 2.37. The Balaban J connectivity index is 2.04. The van der Waals surface area contributed by atoms with Crippen molar-refractivity contribution in [1.29, 1.82) is 0 Å². The molecule has 1 aliphatic carbocycles. The topological polar surface area (TPSA) is 26.0 Å². The summed E-state index contributed by atoms with van der Waals surface area (Å²) in [4.78, 5) is 0.